The van der Waals surface area contributed by atoms with E-state index >= 15 is 0 Å². The lowest BCUT2D eigenvalue weighted by molar-refractivity contribution is 0.392. The minimum absolute atomic E-state index is 0.718. The number of nitrogens with zero attached hydrogens (tertiary/aromatic N) is 3. The first-order valence-electron chi connectivity index (χ1n) is 4.26. The maximum atomic E-state index is 3.76. The van der Waals surface area contributed by atoms with Gasteiger partial charge in [-0.05, 0) is 20.5 Å². The van der Waals surface area contributed by atoms with Crippen LogP contribution in [0.2, 0.25) is 0 Å². The molecule has 0 rings (SSSR count). The highest BCUT2D eigenvalue weighted by Gasteiger charge is 1.86. The Hall–Kier alpha value is -0.900. The van der Waals surface area contributed by atoms with E-state index in [0.717, 1.165) is 19.6 Å². The largest absolute Gasteiger partial charge is 0.303 e. The van der Waals surface area contributed by atoms with Crippen molar-refractivity contribution < 1.29 is 0 Å². The van der Waals surface area contributed by atoms with Gasteiger partial charge in [-0.2, -0.15) is 5.11 Å². The molecule has 0 aliphatic carbocycles. The second kappa shape index (κ2) is 8.20. The van der Waals surface area contributed by atoms with Crippen molar-refractivity contribution in [3.8, 4) is 0 Å². The zero-order valence-electron chi connectivity index (χ0n) is 8.12. The first-order valence-corrected chi connectivity index (χ1v) is 4.26. The van der Waals surface area contributed by atoms with E-state index in [-0.39, 0.29) is 0 Å². The predicted octanol–water partition coefficient (Wildman–Crippen LogP) is 1.43. The zero-order chi connectivity index (χ0) is 9.23. The average molecular weight is 170 g/mol. The number of rotatable bonds is 6. The zero-order valence-corrected chi connectivity index (χ0v) is 8.12. The summed E-state index contributed by atoms with van der Waals surface area (Å²) in [5, 5.41) is 7.44. The maximum Gasteiger partial charge on any atom is 0.0592 e. The Balaban J connectivity index is 3.31. The van der Waals surface area contributed by atoms with Gasteiger partial charge in [0.2, 0.25) is 0 Å². The summed E-state index contributed by atoms with van der Waals surface area (Å²) in [5.74, 6) is 0. The summed E-state index contributed by atoms with van der Waals surface area (Å²) in [5.41, 5.74) is 2.72. The molecule has 0 amide bonds. The lowest BCUT2D eigenvalue weighted by atomic mass is 10.5. The molecule has 0 aliphatic rings. The van der Waals surface area contributed by atoms with Gasteiger partial charge in [0.1, 0.15) is 0 Å². The van der Waals surface area contributed by atoms with E-state index in [2.05, 4.69) is 34.6 Å². The molecule has 4 nitrogen and oxygen atoms in total. The molecule has 0 saturated heterocycles. The lowest BCUT2D eigenvalue weighted by Crippen LogP contribution is -2.17. The third-order valence-corrected chi connectivity index (χ3v) is 1.42. The summed E-state index contributed by atoms with van der Waals surface area (Å²) >= 11 is 0. The van der Waals surface area contributed by atoms with Crippen LogP contribution in [0.4, 0.5) is 0 Å². The highest BCUT2D eigenvalue weighted by Crippen LogP contribution is 1.80. The Morgan fingerprint density at radius 2 is 2.17 bits per heavy atom. The van der Waals surface area contributed by atoms with Crippen molar-refractivity contribution in [2.24, 2.45) is 10.3 Å². The SMILES string of the molecule is CCN=NN/C=C/CN(C)CC. The second-order valence-corrected chi connectivity index (χ2v) is 2.44. The van der Waals surface area contributed by atoms with Crippen molar-refractivity contribution in [3.63, 3.8) is 0 Å². The molecule has 0 aliphatic heterocycles. The maximum absolute atomic E-state index is 3.76. The molecular weight excluding hydrogens is 152 g/mol. The molecule has 70 valence electrons. The molecular formula is C8H18N4. The van der Waals surface area contributed by atoms with E-state index in [1.807, 2.05) is 13.0 Å². The van der Waals surface area contributed by atoms with Crippen LogP contribution in [0.3, 0.4) is 0 Å². The quantitative estimate of drug-likeness (QED) is 0.484. The summed E-state index contributed by atoms with van der Waals surface area (Å²) in [6, 6.07) is 0. The van der Waals surface area contributed by atoms with Crippen molar-refractivity contribution >= 4 is 0 Å². The van der Waals surface area contributed by atoms with Gasteiger partial charge in [0.15, 0.2) is 0 Å². The van der Waals surface area contributed by atoms with Crippen molar-refractivity contribution in [1.82, 2.24) is 10.3 Å². The second-order valence-electron chi connectivity index (χ2n) is 2.44. The van der Waals surface area contributed by atoms with E-state index in [4.69, 9.17) is 0 Å². The molecule has 0 atom stereocenters. The summed E-state index contributed by atoms with van der Waals surface area (Å²) < 4.78 is 0. The molecule has 0 bridgehead atoms. The molecule has 1 N–H and O–H groups in total. The van der Waals surface area contributed by atoms with Gasteiger partial charge in [0, 0.05) is 12.7 Å². The number of hydrogen-bond donors (Lipinski definition) is 1. The van der Waals surface area contributed by atoms with Gasteiger partial charge in [-0.25, -0.2) is 0 Å². The molecule has 12 heavy (non-hydrogen) atoms. The van der Waals surface area contributed by atoms with Crippen LogP contribution in [0.1, 0.15) is 13.8 Å². The molecule has 0 aromatic rings. The van der Waals surface area contributed by atoms with E-state index in [9.17, 15) is 0 Å². The minimum Gasteiger partial charge on any atom is -0.303 e. The van der Waals surface area contributed by atoms with E-state index < -0.39 is 0 Å². The van der Waals surface area contributed by atoms with Gasteiger partial charge in [-0.1, -0.05) is 18.2 Å². The van der Waals surface area contributed by atoms with Crippen LogP contribution in [0, 0.1) is 0 Å². The van der Waals surface area contributed by atoms with Gasteiger partial charge in [0.25, 0.3) is 0 Å². The fraction of sp³-hybridized carbons (Fsp3) is 0.750. The molecule has 0 unspecified atom stereocenters. The summed E-state index contributed by atoms with van der Waals surface area (Å²) in [6.07, 6.45) is 3.81. The number of nitrogens with one attached hydrogen (secondary N) is 1. The van der Waals surface area contributed by atoms with Crippen LogP contribution in [-0.2, 0) is 0 Å². The van der Waals surface area contributed by atoms with Crippen LogP contribution in [0.25, 0.3) is 0 Å². The summed E-state index contributed by atoms with van der Waals surface area (Å²) in [6.45, 7) is 6.78. The molecule has 0 fully saturated rings. The molecule has 0 heterocycles. The molecule has 4 heteroatoms. The molecule has 0 saturated carbocycles. The van der Waals surface area contributed by atoms with Gasteiger partial charge >= 0.3 is 0 Å². The van der Waals surface area contributed by atoms with Crippen LogP contribution in [0.5, 0.6) is 0 Å². The first-order chi connectivity index (χ1) is 5.81. The Labute approximate surface area is 74.3 Å². The topological polar surface area (TPSA) is 40.0 Å². The third kappa shape index (κ3) is 7.21. The first kappa shape index (κ1) is 11.1. The number of hydrogen-bond acceptors (Lipinski definition) is 3. The molecule has 0 aromatic heterocycles. The van der Waals surface area contributed by atoms with E-state index in [1.165, 1.54) is 0 Å². The Morgan fingerprint density at radius 3 is 2.75 bits per heavy atom. The van der Waals surface area contributed by atoms with E-state index in [1.54, 1.807) is 6.20 Å². The Morgan fingerprint density at radius 1 is 1.42 bits per heavy atom. The van der Waals surface area contributed by atoms with Crippen molar-refractivity contribution in [1.29, 1.82) is 0 Å². The third-order valence-electron chi connectivity index (χ3n) is 1.42. The fourth-order valence-corrected chi connectivity index (χ4v) is 0.559. The number of likely N-dealkylation sites (N-methyl/N-ethyl adjacent to an activating group) is 1. The predicted molar refractivity (Wildman–Crippen MR) is 50.8 cm³/mol. The summed E-state index contributed by atoms with van der Waals surface area (Å²) in [7, 11) is 2.07. The fourth-order valence-electron chi connectivity index (χ4n) is 0.559. The van der Waals surface area contributed by atoms with Crippen LogP contribution < -0.4 is 5.43 Å². The summed E-state index contributed by atoms with van der Waals surface area (Å²) in [4.78, 5) is 2.19. The minimum atomic E-state index is 0.718. The van der Waals surface area contributed by atoms with Gasteiger partial charge in [-0.3, -0.25) is 5.43 Å². The lowest BCUT2D eigenvalue weighted by Gasteiger charge is -2.08. The highest BCUT2D eigenvalue weighted by atomic mass is 15.4. The van der Waals surface area contributed by atoms with Gasteiger partial charge < -0.3 is 4.90 Å². The van der Waals surface area contributed by atoms with Crippen molar-refractivity contribution in [3.05, 3.63) is 12.3 Å². The Kier molecular flexibility index (Phi) is 7.58. The Bertz CT molecular complexity index is 142. The highest BCUT2D eigenvalue weighted by molar-refractivity contribution is 4.80. The van der Waals surface area contributed by atoms with E-state index in [0.29, 0.717) is 0 Å². The molecule has 0 radical (unpaired) electrons. The van der Waals surface area contributed by atoms with Gasteiger partial charge in [0.05, 0.1) is 6.54 Å². The monoisotopic (exact) mass is 170 g/mol. The van der Waals surface area contributed by atoms with Crippen LogP contribution in [-0.4, -0.2) is 31.6 Å². The van der Waals surface area contributed by atoms with Crippen LogP contribution in [0.15, 0.2) is 22.6 Å². The van der Waals surface area contributed by atoms with Crippen LogP contribution >= 0.6 is 0 Å². The molecule has 0 spiro atoms. The van der Waals surface area contributed by atoms with Crippen molar-refractivity contribution in [2.45, 2.75) is 13.8 Å². The van der Waals surface area contributed by atoms with Gasteiger partial charge in [-0.15, -0.1) is 0 Å². The normalized spacial score (nSPS) is 12.0. The smallest absolute Gasteiger partial charge is 0.0592 e. The average Bonchev–Trinajstić information content (AvgIpc) is 2.10. The van der Waals surface area contributed by atoms with Crippen molar-refractivity contribution in [2.75, 3.05) is 26.7 Å². The standard InChI is InChI=1S/C8H18N4/c1-4-9-11-10-7-6-8-12(3)5-2/h6-7H,4-5,8H2,1-3H3,(H,9,10)/b7-6+. The molecule has 0 aromatic carbocycles.